The summed E-state index contributed by atoms with van der Waals surface area (Å²) in [5, 5.41) is 8.90. The Balaban J connectivity index is 3.00. The van der Waals surface area contributed by atoms with E-state index in [2.05, 4.69) is 0 Å². The van der Waals surface area contributed by atoms with Gasteiger partial charge in [-0.25, -0.2) is 0 Å². The zero-order valence-electron chi connectivity index (χ0n) is 9.93. The summed E-state index contributed by atoms with van der Waals surface area (Å²) < 4.78 is 0. The molecule has 0 atom stereocenters. The van der Waals surface area contributed by atoms with Crippen LogP contribution in [-0.2, 0) is 4.79 Å². The van der Waals surface area contributed by atoms with Crippen molar-refractivity contribution in [3.63, 3.8) is 0 Å². The molecule has 0 aliphatic carbocycles. The van der Waals surface area contributed by atoms with Crippen LogP contribution < -0.4 is 10.6 Å². The van der Waals surface area contributed by atoms with E-state index in [0.29, 0.717) is 0 Å². The maximum Gasteiger partial charge on any atom is 0.305 e. The molecule has 0 heterocycles. The number of aliphatic carboxylic acids is 1. The minimum Gasteiger partial charge on any atom is -0.481 e. The van der Waals surface area contributed by atoms with Gasteiger partial charge in [-0.1, -0.05) is 12.1 Å². The van der Waals surface area contributed by atoms with Crippen LogP contribution in [0.15, 0.2) is 18.2 Å². The van der Waals surface area contributed by atoms with Crippen LogP contribution in [0.4, 0.5) is 5.69 Å². The molecule has 0 saturated carbocycles. The van der Waals surface area contributed by atoms with E-state index in [-0.39, 0.29) is 18.1 Å². The standard InChI is InChI=1S/C12H16N2O2S/c1-8-3-4-9(2)10(7-8)14(12(13)17)6-5-11(15)16/h3-4,7H,5-6H2,1-2H3,(H2,13,17)(H,15,16). The lowest BCUT2D eigenvalue weighted by Crippen LogP contribution is -2.37. The van der Waals surface area contributed by atoms with E-state index in [9.17, 15) is 4.79 Å². The average molecular weight is 252 g/mol. The quantitative estimate of drug-likeness (QED) is 0.800. The molecule has 0 radical (unpaired) electrons. The summed E-state index contributed by atoms with van der Waals surface area (Å²) in [5.41, 5.74) is 8.62. The number of benzene rings is 1. The Morgan fingerprint density at radius 1 is 1.47 bits per heavy atom. The number of nitrogens with zero attached hydrogens (tertiary/aromatic N) is 1. The fourth-order valence-electron chi connectivity index (χ4n) is 1.57. The summed E-state index contributed by atoms with van der Waals surface area (Å²) >= 11 is 4.96. The van der Waals surface area contributed by atoms with Crippen LogP contribution in [0, 0.1) is 13.8 Å². The van der Waals surface area contributed by atoms with Crippen molar-refractivity contribution in [2.24, 2.45) is 5.73 Å². The van der Waals surface area contributed by atoms with Crippen LogP contribution >= 0.6 is 12.2 Å². The van der Waals surface area contributed by atoms with Crippen LogP contribution in [-0.4, -0.2) is 22.7 Å². The smallest absolute Gasteiger partial charge is 0.305 e. The Labute approximate surface area is 106 Å². The second-order valence-electron chi connectivity index (χ2n) is 3.92. The highest BCUT2D eigenvalue weighted by molar-refractivity contribution is 7.80. The number of nitrogens with two attached hydrogens (primary N) is 1. The Hall–Kier alpha value is -1.62. The molecule has 4 nitrogen and oxygen atoms in total. The summed E-state index contributed by atoms with van der Waals surface area (Å²) in [6, 6.07) is 5.92. The predicted molar refractivity (Wildman–Crippen MR) is 72.3 cm³/mol. The largest absolute Gasteiger partial charge is 0.481 e. The highest BCUT2D eigenvalue weighted by atomic mass is 32.1. The van der Waals surface area contributed by atoms with Crippen molar-refractivity contribution in [3.8, 4) is 0 Å². The number of thiocarbonyl (C=S) groups is 1. The molecular formula is C12H16N2O2S. The maximum absolute atomic E-state index is 10.6. The number of hydrogen-bond acceptors (Lipinski definition) is 2. The van der Waals surface area contributed by atoms with Gasteiger partial charge in [-0.05, 0) is 43.3 Å². The van der Waals surface area contributed by atoms with Crippen LogP contribution in [0.5, 0.6) is 0 Å². The fraction of sp³-hybridized carbons (Fsp3) is 0.333. The van der Waals surface area contributed by atoms with Crippen molar-refractivity contribution in [1.82, 2.24) is 0 Å². The second kappa shape index (κ2) is 5.63. The van der Waals surface area contributed by atoms with Gasteiger partial charge in [-0.3, -0.25) is 4.79 Å². The first-order valence-electron chi connectivity index (χ1n) is 5.28. The summed E-state index contributed by atoms with van der Waals surface area (Å²) in [6.07, 6.45) is 0.00468. The van der Waals surface area contributed by atoms with Gasteiger partial charge in [-0.2, -0.15) is 0 Å². The minimum absolute atomic E-state index is 0.00468. The van der Waals surface area contributed by atoms with Gasteiger partial charge in [0.1, 0.15) is 0 Å². The number of carbonyl (C=O) groups is 1. The average Bonchev–Trinajstić information content (AvgIpc) is 2.22. The van der Waals surface area contributed by atoms with Gasteiger partial charge >= 0.3 is 5.97 Å². The van der Waals surface area contributed by atoms with Crippen LogP contribution in [0.1, 0.15) is 17.5 Å². The lowest BCUT2D eigenvalue weighted by Gasteiger charge is -2.24. The van der Waals surface area contributed by atoms with Gasteiger partial charge in [0.05, 0.1) is 6.42 Å². The van der Waals surface area contributed by atoms with Gasteiger partial charge in [0, 0.05) is 12.2 Å². The van der Waals surface area contributed by atoms with E-state index in [1.54, 1.807) is 4.90 Å². The topological polar surface area (TPSA) is 66.6 Å². The molecule has 3 N–H and O–H groups in total. The molecule has 0 fully saturated rings. The van der Waals surface area contributed by atoms with Gasteiger partial charge in [-0.15, -0.1) is 0 Å². The summed E-state index contributed by atoms with van der Waals surface area (Å²) in [4.78, 5) is 12.3. The third kappa shape index (κ3) is 3.71. The number of hydrogen-bond donors (Lipinski definition) is 2. The van der Waals surface area contributed by atoms with Crippen molar-refractivity contribution in [2.45, 2.75) is 20.3 Å². The molecule has 92 valence electrons. The molecule has 0 unspecified atom stereocenters. The van der Waals surface area contributed by atoms with Gasteiger partial charge < -0.3 is 15.7 Å². The summed E-state index contributed by atoms with van der Waals surface area (Å²) in [7, 11) is 0. The van der Waals surface area contributed by atoms with Crippen molar-refractivity contribution in [1.29, 1.82) is 0 Å². The molecule has 1 aromatic carbocycles. The molecular weight excluding hydrogens is 236 g/mol. The van der Waals surface area contributed by atoms with E-state index < -0.39 is 5.97 Å². The highest BCUT2D eigenvalue weighted by Gasteiger charge is 2.13. The van der Waals surface area contributed by atoms with E-state index in [1.165, 1.54) is 0 Å². The van der Waals surface area contributed by atoms with Crippen molar-refractivity contribution in [3.05, 3.63) is 29.3 Å². The SMILES string of the molecule is Cc1ccc(C)c(N(CCC(=O)O)C(N)=S)c1. The Morgan fingerprint density at radius 2 is 2.12 bits per heavy atom. The molecule has 5 heteroatoms. The highest BCUT2D eigenvalue weighted by Crippen LogP contribution is 2.21. The minimum atomic E-state index is -0.864. The second-order valence-corrected chi connectivity index (χ2v) is 4.34. The molecule has 1 aromatic rings. The molecule has 0 aliphatic rings. The number of carboxylic acids is 1. The Bertz CT molecular complexity index is 446. The third-order valence-corrected chi connectivity index (χ3v) is 2.69. The molecule has 0 aromatic heterocycles. The monoisotopic (exact) mass is 252 g/mol. The molecule has 17 heavy (non-hydrogen) atoms. The lowest BCUT2D eigenvalue weighted by molar-refractivity contribution is -0.136. The van der Waals surface area contributed by atoms with E-state index in [0.717, 1.165) is 16.8 Å². The Morgan fingerprint density at radius 3 is 2.65 bits per heavy atom. The zero-order chi connectivity index (χ0) is 13.0. The number of aryl methyl sites for hydroxylation is 2. The normalized spacial score (nSPS) is 10.0. The first-order chi connectivity index (χ1) is 7.91. The molecule has 0 amide bonds. The lowest BCUT2D eigenvalue weighted by atomic mass is 10.1. The molecule has 0 bridgehead atoms. The first-order valence-corrected chi connectivity index (χ1v) is 5.68. The summed E-state index contributed by atoms with van der Waals surface area (Å²) in [5.74, 6) is -0.864. The van der Waals surface area contributed by atoms with Crippen molar-refractivity contribution < 1.29 is 9.90 Å². The van der Waals surface area contributed by atoms with E-state index in [4.69, 9.17) is 23.1 Å². The van der Waals surface area contributed by atoms with Crippen molar-refractivity contribution in [2.75, 3.05) is 11.4 Å². The van der Waals surface area contributed by atoms with Gasteiger partial charge in [0.25, 0.3) is 0 Å². The molecule has 0 saturated heterocycles. The fourth-order valence-corrected chi connectivity index (χ4v) is 1.76. The van der Waals surface area contributed by atoms with Gasteiger partial charge in [0.15, 0.2) is 5.11 Å². The number of rotatable bonds is 4. The van der Waals surface area contributed by atoms with E-state index >= 15 is 0 Å². The molecule has 0 aliphatic heterocycles. The summed E-state index contributed by atoms with van der Waals surface area (Å²) in [6.45, 7) is 4.20. The Kier molecular flexibility index (Phi) is 4.45. The van der Waals surface area contributed by atoms with Crippen LogP contribution in [0.3, 0.4) is 0 Å². The van der Waals surface area contributed by atoms with Crippen molar-refractivity contribution >= 4 is 29.0 Å². The van der Waals surface area contributed by atoms with Crippen LogP contribution in [0.25, 0.3) is 0 Å². The number of anilines is 1. The molecule has 0 spiro atoms. The van der Waals surface area contributed by atoms with Crippen LogP contribution in [0.2, 0.25) is 0 Å². The maximum atomic E-state index is 10.6. The zero-order valence-corrected chi connectivity index (χ0v) is 10.8. The molecule has 1 rings (SSSR count). The first kappa shape index (κ1) is 13.4. The van der Waals surface area contributed by atoms with Gasteiger partial charge in [0.2, 0.25) is 0 Å². The third-order valence-electron chi connectivity index (χ3n) is 2.47. The predicted octanol–water partition coefficient (Wildman–Crippen LogP) is 1.83. The van der Waals surface area contributed by atoms with E-state index in [1.807, 2.05) is 32.0 Å². The number of carboxylic acid groups (broad SMARTS) is 1.